The molecule has 1 aromatic heterocycles. The van der Waals surface area contributed by atoms with Gasteiger partial charge in [-0.2, -0.15) is 0 Å². The van der Waals surface area contributed by atoms with Gasteiger partial charge in [0.15, 0.2) is 0 Å². The van der Waals surface area contributed by atoms with Crippen LogP contribution in [0.1, 0.15) is 41.0 Å². The number of hydrogen-bond donors (Lipinski definition) is 0. The molecule has 2 heterocycles. The van der Waals surface area contributed by atoms with Gasteiger partial charge in [0.1, 0.15) is 0 Å². The van der Waals surface area contributed by atoms with Crippen molar-refractivity contribution >= 4 is 10.0 Å². The van der Waals surface area contributed by atoms with E-state index in [0.29, 0.717) is 25.4 Å². The van der Waals surface area contributed by atoms with E-state index in [2.05, 4.69) is 61.3 Å². The lowest BCUT2D eigenvalue weighted by atomic mass is 9.88. The zero-order chi connectivity index (χ0) is 21.8. The molecular formula is C26H30N2O2S. The molecule has 1 fully saturated rings. The molecular weight excluding hydrogens is 404 g/mol. The number of pyridine rings is 1. The van der Waals surface area contributed by atoms with Crippen LogP contribution in [0, 0.1) is 13.8 Å². The van der Waals surface area contributed by atoms with Crippen LogP contribution in [0.4, 0.5) is 0 Å². The second kappa shape index (κ2) is 9.33. The van der Waals surface area contributed by atoms with Gasteiger partial charge in [-0.1, -0.05) is 42.5 Å². The lowest BCUT2D eigenvalue weighted by molar-refractivity contribution is 0.319. The third-order valence-electron chi connectivity index (χ3n) is 6.54. The van der Waals surface area contributed by atoms with Gasteiger partial charge in [-0.3, -0.25) is 4.98 Å². The van der Waals surface area contributed by atoms with Crippen LogP contribution in [0.15, 0.2) is 67.0 Å². The van der Waals surface area contributed by atoms with Crippen molar-refractivity contribution in [3.05, 3.63) is 89.2 Å². The number of hydrogen-bond acceptors (Lipinski definition) is 3. The second-order valence-electron chi connectivity index (χ2n) is 8.46. The van der Waals surface area contributed by atoms with E-state index in [1.165, 1.54) is 27.8 Å². The fraction of sp³-hybridized carbons (Fsp3) is 0.346. The predicted octanol–water partition coefficient (Wildman–Crippen LogP) is 5.12. The van der Waals surface area contributed by atoms with Crippen molar-refractivity contribution < 1.29 is 8.42 Å². The summed E-state index contributed by atoms with van der Waals surface area (Å²) in [6, 6.07) is 19.0. The minimum atomic E-state index is -3.23. The van der Waals surface area contributed by atoms with E-state index in [0.717, 1.165) is 18.4 Å². The summed E-state index contributed by atoms with van der Waals surface area (Å²) in [6.45, 7) is 5.51. The number of piperidine rings is 1. The van der Waals surface area contributed by atoms with Gasteiger partial charge >= 0.3 is 0 Å². The highest BCUT2D eigenvalue weighted by molar-refractivity contribution is 7.89. The Bertz CT molecular complexity index is 1120. The Morgan fingerprint density at radius 3 is 2.29 bits per heavy atom. The number of nitrogens with zero attached hydrogens (tertiary/aromatic N) is 2. The minimum Gasteiger partial charge on any atom is -0.265 e. The van der Waals surface area contributed by atoms with Crippen molar-refractivity contribution in [3.8, 4) is 11.1 Å². The number of benzene rings is 2. The van der Waals surface area contributed by atoms with Crippen LogP contribution >= 0.6 is 0 Å². The summed E-state index contributed by atoms with van der Waals surface area (Å²) in [6.07, 6.45) is 5.69. The summed E-state index contributed by atoms with van der Waals surface area (Å²) in [7, 11) is -3.23. The monoisotopic (exact) mass is 434 g/mol. The van der Waals surface area contributed by atoms with Crippen LogP contribution in [-0.4, -0.2) is 36.5 Å². The Morgan fingerprint density at radius 2 is 1.61 bits per heavy atom. The molecule has 0 radical (unpaired) electrons. The average molecular weight is 435 g/mol. The molecule has 0 saturated carbocycles. The molecule has 162 valence electrons. The Balaban J connectivity index is 1.36. The molecule has 0 N–H and O–H groups in total. The van der Waals surface area contributed by atoms with Crippen molar-refractivity contribution in [1.29, 1.82) is 0 Å². The zero-order valence-electron chi connectivity index (χ0n) is 18.3. The highest BCUT2D eigenvalue weighted by atomic mass is 32.2. The van der Waals surface area contributed by atoms with Crippen molar-refractivity contribution in [1.82, 2.24) is 9.29 Å². The molecule has 5 heteroatoms. The summed E-state index contributed by atoms with van der Waals surface area (Å²) in [4.78, 5) is 3.99. The molecule has 31 heavy (non-hydrogen) atoms. The third kappa shape index (κ3) is 5.05. The number of aromatic nitrogens is 1. The first kappa shape index (κ1) is 21.7. The maximum Gasteiger partial charge on any atom is 0.214 e. The Hall–Kier alpha value is -2.50. The van der Waals surface area contributed by atoms with E-state index >= 15 is 0 Å². The Kier molecular flexibility index (Phi) is 6.54. The highest BCUT2D eigenvalue weighted by Gasteiger charge is 2.28. The highest BCUT2D eigenvalue weighted by Crippen LogP contribution is 2.32. The van der Waals surface area contributed by atoms with Crippen LogP contribution in [0.3, 0.4) is 0 Å². The largest absolute Gasteiger partial charge is 0.265 e. The van der Waals surface area contributed by atoms with Gasteiger partial charge in [0, 0.05) is 25.5 Å². The molecule has 4 rings (SSSR count). The molecule has 3 aromatic rings. The zero-order valence-corrected chi connectivity index (χ0v) is 19.1. The van der Waals surface area contributed by atoms with E-state index in [-0.39, 0.29) is 5.75 Å². The van der Waals surface area contributed by atoms with Crippen LogP contribution in [0.25, 0.3) is 11.1 Å². The maximum absolute atomic E-state index is 12.8. The standard InChI is InChI=1S/C26H30N2O2S/c1-20-4-3-5-26(21(20)2)25-8-6-23(7-9-25)24-12-17-28(18-13-24)31(29,30)19-14-22-10-15-27-16-11-22/h3-11,15-16,24H,12-14,17-19H2,1-2H3. The third-order valence-corrected chi connectivity index (χ3v) is 8.42. The van der Waals surface area contributed by atoms with Crippen molar-refractivity contribution in [3.63, 3.8) is 0 Å². The molecule has 0 atom stereocenters. The van der Waals surface area contributed by atoms with E-state index in [9.17, 15) is 8.42 Å². The van der Waals surface area contributed by atoms with E-state index in [1.807, 2.05) is 12.1 Å². The van der Waals surface area contributed by atoms with Gasteiger partial charge in [0.25, 0.3) is 0 Å². The Labute approximate surface area is 186 Å². The van der Waals surface area contributed by atoms with Crippen molar-refractivity contribution in [2.24, 2.45) is 0 Å². The van der Waals surface area contributed by atoms with Crippen LogP contribution in [-0.2, 0) is 16.4 Å². The molecule has 0 unspecified atom stereocenters. The van der Waals surface area contributed by atoms with Crippen LogP contribution in [0.5, 0.6) is 0 Å². The number of rotatable bonds is 6. The van der Waals surface area contributed by atoms with Gasteiger partial charge in [-0.05, 0) is 84.5 Å². The normalized spacial score (nSPS) is 15.8. The number of sulfonamides is 1. The molecule has 0 bridgehead atoms. The van der Waals surface area contributed by atoms with Crippen LogP contribution in [0.2, 0.25) is 0 Å². The molecule has 0 aliphatic carbocycles. The van der Waals surface area contributed by atoms with E-state index in [4.69, 9.17) is 0 Å². The molecule has 0 spiro atoms. The van der Waals surface area contributed by atoms with E-state index in [1.54, 1.807) is 16.7 Å². The fourth-order valence-electron chi connectivity index (χ4n) is 4.39. The topological polar surface area (TPSA) is 50.3 Å². The molecule has 0 amide bonds. The van der Waals surface area contributed by atoms with Gasteiger partial charge in [-0.25, -0.2) is 12.7 Å². The lowest BCUT2D eigenvalue weighted by Crippen LogP contribution is -2.39. The van der Waals surface area contributed by atoms with Gasteiger partial charge in [0.05, 0.1) is 5.75 Å². The van der Waals surface area contributed by atoms with Crippen molar-refractivity contribution in [2.75, 3.05) is 18.8 Å². The number of aryl methyl sites for hydroxylation is 2. The lowest BCUT2D eigenvalue weighted by Gasteiger charge is -2.31. The summed E-state index contributed by atoms with van der Waals surface area (Å²) in [5, 5.41) is 0. The SMILES string of the molecule is Cc1cccc(-c2ccc(C3CCN(S(=O)(=O)CCc4ccncc4)CC3)cc2)c1C. The quantitative estimate of drug-likeness (QED) is 0.541. The molecule has 1 saturated heterocycles. The minimum absolute atomic E-state index is 0.159. The predicted molar refractivity (Wildman–Crippen MR) is 127 cm³/mol. The molecule has 1 aliphatic heterocycles. The van der Waals surface area contributed by atoms with E-state index < -0.39 is 10.0 Å². The fourth-order valence-corrected chi connectivity index (χ4v) is 5.91. The summed E-state index contributed by atoms with van der Waals surface area (Å²) in [5.74, 6) is 0.575. The maximum atomic E-state index is 12.8. The summed E-state index contributed by atoms with van der Waals surface area (Å²) < 4.78 is 27.2. The van der Waals surface area contributed by atoms with Crippen LogP contribution < -0.4 is 0 Å². The van der Waals surface area contributed by atoms with Crippen molar-refractivity contribution in [2.45, 2.75) is 39.0 Å². The van der Waals surface area contributed by atoms with Gasteiger partial charge < -0.3 is 0 Å². The summed E-state index contributed by atoms with van der Waals surface area (Å²) in [5.41, 5.74) is 7.46. The summed E-state index contributed by atoms with van der Waals surface area (Å²) >= 11 is 0. The Morgan fingerprint density at radius 1 is 0.935 bits per heavy atom. The first-order valence-electron chi connectivity index (χ1n) is 11.0. The molecule has 4 nitrogen and oxygen atoms in total. The smallest absolute Gasteiger partial charge is 0.214 e. The first-order chi connectivity index (χ1) is 14.9. The second-order valence-corrected chi connectivity index (χ2v) is 10.6. The molecule has 1 aliphatic rings. The molecule has 2 aromatic carbocycles. The average Bonchev–Trinajstić information content (AvgIpc) is 2.81. The first-order valence-corrected chi connectivity index (χ1v) is 12.6. The van der Waals surface area contributed by atoms with Gasteiger partial charge in [-0.15, -0.1) is 0 Å². The van der Waals surface area contributed by atoms with Gasteiger partial charge in [0.2, 0.25) is 10.0 Å².